The van der Waals surface area contributed by atoms with Gasteiger partial charge < -0.3 is 15.7 Å². The number of carboxylic acid groups (broad SMARTS) is 1. The smallest absolute Gasteiger partial charge is 0.300 e. The predicted octanol–water partition coefficient (Wildman–Crippen LogP) is 2.71. The third-order valence-corrected chi connectivity index (χ3v) is 4.43. The number of aliphatic carboxylic acids is 1. The van der Waals surface area contributed by atoms with Crippen molar-refractivity contribution >= 4 is 11.9 Å². The highest BCUT2D eigenvalue weighted by Crippen LogP contribution is 2.42. The molecule has 4 rings (SSSR count). The lowest BCUT2D eigenvalue weighted by atomic mass is 9.92. The molecule has 0 spiro atoms. The van der Waals surface area contributed by atoms with E-state index in [2.05, 4.69) is 70.2 Å². The Bertz CT molecular complexity index is 755. The second-order valence-corrected chi connectivity index (χ2v) is 6.22. The number of fused-ring (bicyclic) bond motifs is 1. The van der Waals surface area contributed by atoms with E-state index >= 15 is 0 Å². The fourth-order valence-electron chi connectivity index (χ4n) is 3.43. The van der Waals surface area contributed by atoms with Crippen molar-refractivity contribution in [2.45, 2.75) is 25.3 Å². The number of guanidine groups is 1. The van der Waals surface area contributed by atoms with Crippen LogP contribution in [-0.4, -0.2) is 30.1 Å². The zero-order chi connectivity index (χ0) is 17.6. The first-order valence-electron chi connectivity index (χ1n) is 8.52. The van der Waals surface area contributed by atoms with Gasteiger partial charge in [-0.3, -0.25) is 9.79 Å². The Balaban J connectivity index is 0.000000415. The van der Waals surface area contributed by atoms with Gasteiger partial charge in [0.1, 0.15) is 0 Å². The van der Waals surface area contributed by atoms with Crippen LogP contribution in [-0.2, 0) is 11.2 Å². The van der Waals surface area contributed by atoms with Crippen LogP contribution in [0.3, 0.4) is 0 Å². The monoisotopic (exact) mass is 337 g/mol. The van der Waals surface area contributed by atoms with E-state index in [0.717, 1.165) is 32.4 Å². The number of hydrogen-bond acceptors (Lipinski definition) is 4. The van der Waals surface area contributed by atoms with E-state index in [4.69, 9.17) is 9.90 Å². The minimum Gasteiger partial charge on any atom is -0.481 e. The molecule has 2 aromatic rings. The summed E-state index contributed by atoms with van der Waals surface area (Å²) in [6, 6.07) is 19.8. The lowest BCUT2D eigenvalue weighted by Gasteiger charge is -2.23. The molecule has 1 aliphatic carbocycles. The SMILES string of the molecule is CC(=O)O.c1ccc(C2Cc3ccccc3C2NC2=NCCN2)cc1. The van der Waals surface area contributed by atoms with Crippen LogP contribution in [0.4, 0.5) is 0 Å². The Hall–Kier alpha value is -2.82. The van der Waals surface area contributed by atoms with E-state index in [9.17, 15) is 0 Å². The summed E-state index contributed by atoms with van der Waals surface area (Å²) < 4.78 is 0. The molecule has 0 saturated carbocycles. The predicted molar refractivity (Wildman–Crippen MR) is 98.8 cm³/mol. The first-order chi connectivity index (χ1) is 12.1. The highest BCUT2D eigenvalue weighted by molar-refractivity contribution is 5.82. The molecule has 130 valence electrons. The molecule has 5 nitrogen and oxygen atoms in total. The molecule has 3 N–H and O–H groups in total. The summed E-state index contributed by atoms with van der Waals surface area (Å²) in [5.74, 6) is 0.575. The van der Waals surface area contributed by atoms with Crippen molar-refractivity contribution in [2.24, 2.45) is 4.99 Å². The molecule has 0 fully saturated rings. The molecule has 2 unspecified atom stereocenters. The first kappa shape index (κ1) is 17.0. The van der Waals surface area contributed by atoms with E-state index in [1.807, 2.05) is 0 Å². The quantitative estimate of drug-likeness (QED) is 0.788. The van der Waals surface area contributed by atoms with Crippen molar-refractivity contribution in [1.29, 1.82) is 0 Å². The Kier molecular flexibility index (Phi) is 5.33. The first-order valence-corrected chi connectivity index (χ1v) is 8.52. The van der Waals surface area contributed by atoms with Crippen molar-refractivity contribution in [3.63, 3.8) is 0 Å². The molecule has 1 heterocycles. The molecule has 0 amide bonds. The minimum atomic E-state index is -0.833. The summed E-state index contributed by atoms with van der Waals surface area (Å²) in [5, 5.41) is 14.4. The molecule has 25 heavy (non-hydrogen) atoms. The zero-order valence-corrected chi connectivity index (χ0v) is 14.3. The highest BCUT2D eigenvalue weighted by atomic mass is 16.4. The fourth-order valence-corrected chi connectivity index (χ4v) is 3.43. The van der Waals surface area contributed by atoms with Crippen molar-refractivity contribution < 1.29 is 9.90 Å². The van der Waals surface area contributed by atoms with Gasteiger partial charge in [-0.05, 0) is 23.1 Å². The van der Waals surface area contributed by atoms with Gasteiger partial charge in [0.25, 0.3) is 5.97 Å². The van der Waals surface area contributed by atoms with Gasteiger partial charge in [0.15, 0.2) is 5.96 Å². The largest absolute Gasteiger partial charge is 0.481 e. The lowest BCUT2D eigenvalue weighted by molar-refractivity contribution is -0.134. The summed E-state index contributed by atoms with van der Waals surface area (Å²) >= 11 is 0. The average Bonchev–Trinajstić information content (AvgIpc) is 3.24. The summed E-state index contributed by atoms with van der Waals surface area (Å²) in [5.41, 5.74) is 4.25. The lowest BCUT2D eigenvalue weighted by Crippen LogP contribution is -2.37. The Morgan fingerprint density at radius 1 is 1.16 bits per heavy atom. The Labute approximate surface area is 147 Å². The van der Waals surface area contributed by atoms with Crippen molar-refractivity contribution in [3.8, 4) is 0 Å². The van der Waals surface area contributed by atoms with Gasteiger partial charge in [0.2, 0.25) is 0 Å². The number of nitrogens with one attached hydrogen (secondary N) is 2. The molecular formula is C20H23N3O2. The molecule has 2 atom stereocenters. The Morgan fingerprint density at radius 2 is 1.84 bits per heavy atom. The highest BCUT2D eigenvalue weighted by Gasteiger charge is 2.34. The van der Waals surface area contributed by atoms with E-state index in [0.29, 0.717) is 12.0 Å². The molecular weight excluding hydrogens is 314 g/mol. The second-order valence-electron chi connectivity index (χ2n) is 6.22. The van der Waals surface area contributed by atoms with E-state index in [1.54, 1.807) is 0 Å². The second kappa shape index (κ2) is 7.83. The maximum atomic E-state index is 9.00. The molecule has 0 radical (unpaired) electrons. The topological polar surface area (TPSA) is 73.7 Å². The number of carbonyl (C=O) groups is 1. The molecule has 2 aliphatic rings. The van der Waals surface area contributed by atoms with Gasteiger partial charge in [0, 0.05) is 19.4 Å². The molecule has 0 saturated heterocycles. The summed E-state index contributed by atoms with van der Waals surface area (Å²) in [7, 11) is 0. The van der Waals surface area contributed by atoms with Gasteiger partial charge in [-0.1, -0.05) is 54.6 Å². The number of carboxylic acids is 1. The molecule has 0 aromatic heterocycles. The van der Waals surface area contributed by atoms with Crippen LogP contribution in [0.1, 0.15) is 35.6 Å². The number of hydrogen-bond donors (Lipinski definition) is 3. The minimum absolute atomic E-state index is 0.299. The van der Waals surface area contributed by atoms with Gasteiger partial charge in [-0.15, -0.1) is 0 Å². The number of rotatable bonds is 2. The standard InChI is InChI=1S/C18H19N3.C2H4O2/c1-2-6-13(7-3-1)16-12-14-8-4-5-9-15(14)17(16)21-18-19-10-11-20-18;1-2(3)4/h1-9,16-17H,10-12H2,(H2,19,20,21);1H3,(H,3,4). The van der Waals surface area contributed by atoms with Crippen LogP contribution in [0, 0.1) is 0 Å². The maximum absolute atomic E-state index is 9.00. The van der Waals surface area contributed by atoms with Crippen LogP contribution < -0.4 is 10.6 Å². The van der Waals surface area contributed by atoms with Crippen LogP contribution in [0.15, 0.2) is 59.6 Å². The van der Waals surface area contributed by atoms with Crippen molar-refractivity contribution in [3.05, 3.63) is 71.3 Å². The van der Waals surface area contributed by atoms with Gasteiger partial charge in [-0.25, -0.2) is 0 Å². The third kappa shape index (κ3) is 4.18. The molecule has 5 heteroatoms. The van der Waals surface area contributed by atoms with Crippen LogP contribution >= 0.6 is 0 Å². The molecule has 2 aromatic carbocycles. The number of aliphatic imine (C=N–C) groups is 1. The van der Waals surface area contributed by atoms with Gasteiger partial charge in [-0.2, -0.15) is 0 Å². The molecule has 0 bridgehead atoms. The maximum Gasteiger partial charge on any atom is 0.300 e. The van der Waals surface area contributed by atoms with Crippen LogP contribution in [0.5, 0.6) is 0 Å². The summed E-state index contributed by atoms with van der Waals surface area (Å²) in [6.07, 6.45) is 1.09. The van der Waals surface area contributed by atoms with E-state index in [1.165, 1.54) is 16.7 Å². The number of nitrogens with zero attached hydrogens (tertiary/aromatic N) is 1. The van der Waals surface area contributed by atoms with Gasteiger partial charge >= 0.3 is 0 Å². The van der Waals surface area contributed by atoms with E-state index < -0.39 is 5.97 Å². The normalized spacial score (nSPS) is 20.6. The fraction of sp³-hybridized carbons (Fsp3) is 0.300. The third-order valence-electron chi connectivity index (χ3n) is 4.43. The van der Waals surface area contributed by atoms with Crippen LogP contribution in [0.2, 0.25) is 0 Å². The van der Waals surface area contributed by atoms with Crippen LogP contribution in [0.25, 0.3) is 0 Å². The van der Waals surface area contributed by atoms with Crippen molar-refractivity contribution in [1.82, 2.24) is 10.6 Å². The molecule has 1 aliphatic heterocycles. The Morgan fingerprint density at radius 3 is 2.52 bits per heavy atom. The van der Waals surface area contributed by atoms with Gasteiger partial charge in [0.05, 0.1) is 12.6 Å². The average molecular weight is 337 g/mol. The summed E-state index contributed by atoms with van der Waals surface area (Å²) in [6.45, 7) is 2.89. The zero-order valence-electron chi connectivity index (χ0n) is 14.3. The summed E-state index contributed by atoms with van der Waals surface area (Å²) in [4.78, 5) is 13.5. The van der Waals surface area contributed by atoms with E-state index in [-0.39, 0.29) is 0 Å². The van der Waals surface area contributed by atoms with Crippen molar-refractivity contribution in [2.75, 3.05) is 13.1 Å². The number of benzene rings is 2.